The molecule has 2 unspecified atom stereocenters. The zero-order valence-corrected chi connectivity index (χ0v) is 12.1. The number of thiophene rings is 2. The molecule has 2 atom stereocenters. The van der Waals surface area contributed by atoms with E-state index in [0.29, 0.717) is 18.0 Å². The third-order valence-electron chi connectivity index (χ3n) is 2.99. The first kappa shape index (κ1) is 12.8. The van der Waals surface area contributed by atoms with E-state index >= 15 is 0 Å². The maximum absolute atomic E-state index is 3.74. The summed E-state index contributed by atoms with van der Waals surface area (Å²) in [7, 11) is 0. The molecule has 0 radical (unpaired) electrons. The predicted molar refractivity (Wildman–Crippen MR) is 77.8 cm³/mol. The first-order valence-electron chi connectivity index (χ1n) is 6.00. The van der Waals surface area contributed by atoms with Crippen molar-refractivity contribution in [1.82, 2.24) is 5.32 Å². The number of rotatable bonds is 5. The average Bonchev–Trinajstić information content (AvgIpc) is 2.97. The van der Waals surface area contributed by atoms with E-state index in [1.807, 2.05) is 11.3 Å². The molecule has 0 fully saturated rings. The Kier molecular flexibility index (Phi) is 4.37. The Labute approximate surface area is 112 Å². The molecule has 0 aliphatic rings. The molecule has 2 rings (SSSR count). The van der Waals surface area contributed by atoms with E-state index in [9.17, 15) is 0 Å². The van der Waals surface area contributed by atoms with E-state index < -0.39 is 0 Å². The van der Waals surface area contributed by atoms with E-state index in [4.69, 9.17) is 0 Å². The Hall–Kier alpha value is -0.640. The van der Waals surface area contributed by atoms with Gasteiger partial charge in [-0.2, -0.15) is 11.3 Å². The summed E-state index contributed by atoms with van der Waals surface area (Å²) >= 11 is 3.60. The highest BCUT2D eigenvalue weighted by Crippen LogP contribution is 2.29. The van der Waals surface area contributed by atoms with Gasteiger partial charge in [0.05, 0.1) is 0 Å². The Bertz CT molecular complexity index is 417. The number of hydrogen-bond donors (Lipinski definition) is 1. The molecule has 0 aliphatic heterocycles. The second-order valence-electron chi connectivity index (χ2n) is 4.68. The highest BCUT2D eigenvalue weighted by atomic mass is 32.1. The third kappa shape index (κ3) is 3.18. The molecule has 2 aromatic rings. The van der Waals surface area contributed by atoms with Gasteiger partial charge in [0.2, 0.25) is 0 Å². The number of nitrogens with one attached hydrogen (secondary N) is 1. The molecule has 17 heavy (non-hydrogen) atoms. The summed E-state index contributed by atoms with van der Waals surface area (Å²) in [5.41, 5.74) is 1.39. The summed E-state index contributed by atoms with van der Waals surface area (Å²) in [6.45, 7) is 6.79. The monoisotopic (exact) mass is 265 g/mol. The Balaban J connectivity index is 2.09. The van der Waals surface area contributed by atoms with E-state index in [1.165, 1.54) is 10.4 Å². The molecule has 0 amide bonds. The Morgan fingerprint density at radius 2 is 1.94 bits per heavy atom. The highest BCUT2D eigenvalue weighted by molar-refractivity contribution is 7.10. The second kappa shape index (κ2) is 5.80. The van der Waals surface area contributed by atoms with Gasteiger partial charge in [-0.1, -0.05) is 19.9 Å². The van der Waals surface area contributed by atoms with Crippen LogP contribution in [0, 0.1) is 5.92 Å². The molecule has 0 aliphatic carbocycles. The SMILES string of the molecule is CC(NC(c1cccs1)C(C)C)c1ccsc1. The number of hydrogen-bond acceptors (Lipinski definition) is 3. The van der Waals surface area contributed by atoms with Gasteiger partial charge in [-0.15, -0.1) is 11.3 Å². The van der Waals surface area contributed by atoms with Crippen LogP contribution in [0.15, 0.2) is 34.3 Å². The van der Waals surface area contributed by atoms with E-state index in [2.05, 4.69) is 60.4 Å². The predicted octanol–water partition coefficient (Wildman–Crippen LogP) is 4.86. The van der Waals surface area contributed by atoms with Crippen molar-refractivity contribution in [3.8, 4) is 0 Å². The van der Waals surface area contributed by atoms with Crippen LogP contribution < -0.4 is 5.32 Å². The summed E-state index contributed by atoms with van der Waals surface area (Å²) in [5.74, 6) is 0.606. The first-order valence-corrected chi connectivity index (χ1v) is 7.82. The Morgan fingerprint density at radius 3 is 2.47 bits per heavy atom. The van der Waals surface area contributed by atoms with Crippen molar-refractivity contribution in [1.29, 1.82) is 0 Å². The van der Waals surface area contributed by atoms with Crippen molar-refractivity contribution < 1.29 is 0 Å². The van der Waals surface area contributed by atoms with Crippen molar-refractivity contribution in [2.24, 2.45) is 5.92 Å². The van der Waals surface area contributed by atoms with Crippen LogP contribution in [0.4, 0.5) is 0 Å². The maximum Gasteiger partial charge on any atom is 0.0442 e. The molecule has 0 spiro atoms. The normalized spacial score (nSPS) is 15.1. The molecule has 2 aromatic heterocycles. The van der Waals surface area contributed by atoms with Crippen LogP contribution in [0.25, 0.3) is 0 Å². The molecule has 0 aromatic carbocycles. The summed E-state index contributed by atoms with van der Waals surface area (Å²) < 4.78 is 0. The topological polar surface area (TPSA) is 12.0 Å². The van der Waals surface area contributed by atoms with Gasteiger partial charge in [0.1, 0.15) is 0 Å². The zero-order valence-electron chi connectivity index (χ0n) is 10.5. The standard InChI is InChI=1S/C14H19NS2/c1-10(2)14(13-5-4-7-17-13)15-11(3)12-6-8-16-9-12/h4-11,14-15H,1-3H3. The lowest BCUT2D eigenvalue weighted by Crippen LogP contribution is -2.27. The second-order valence-corrected chi connectivity index (χ2v) is 6.44. The minimum atomic E-state index is 0.413. The molecule has 1 nitrogen and oxygen atoms in total. The largest absolute Gasteiger partial charge is 0.302 e. The maximum atomic E-state index is 3.74. The summed E-state index contributed by atoms with van der Waals surface area (Å²) in [6.07, 6.45) is 0. The lowest BCUT2D eigenvalue weighted by atomic mass is 10.0. The van der Waals surface area contributed by atoms with Gasteiger partial charge >= 0.3 is 0 Å². The van der Waals surface area contributed by atoms with Gasteiger partial charge in [-0.25, -0.2) is 0 Å². The first-order chi connectivity index (χ1) is 8.18. The fourth-order valence-corrected chi connectivity index (χ4v) is 3.67. The molecule has 0 saturated heterocycles. The van der Waals surface area contributed by atoms with Crippen LogP contribution in [0.1, 0.15) is 43.3 Å². The van der Waals surface area contributed by atoms with Crippen LogP contribution >= 0.6 is 22.7 Å². The van der Waals surface area contributed by atoms with Crippen LogP contribution in [-0.2, 0) is 0 Å². The van der Waals surface area contributed by atoms with Crippen molar-refractivity contribution in [3.63, 3.8) is 0 Å². The van der Waals surface area contributed by atoms with Gasteiger partial charge in [0.25, 0.3) is 0 Å². The lowest BCUT2D eigenvalue weighted by Gasteiger charge is -2.25. The molecule has 92 valence electrons. The van der Waals surface area contributed by atoms with Crippen molar-refractivity contribution in [2.45, 2.75) is 32.9 Å². The van der Waals surface area contributed by atoms with Gasteiger partial charge < -0.3 is 5.32 Å². The minimum absolute atomic E-state index is 0.413. The fraction of sp³-hybridized carbons (Fsp3) is 0.429. The van der Waals surface area contributed by atoms with E-state index in [1.54, 1.807) is 11.3 Å². The van der Waals surface area contributed by atoms with Gasteiger partial charge in [-0.3, -0.25) is 0 Å². The van der Waals surface area contributed by atoms with Crippen molar-refractivity contribution in [2.75, 3.05) is 0 Å². The smallest absolute Gasteiger partial charge is 0.0442 e. The van der Waals surface area contributed by atoms with Gasteiger partial charge in [0.15, 0.2) is 0 Å². The van der Waals surface area contributed by atoms with Gasteiger partial charge in [-0.05, 0) is 46.7 Å². The molecule has 2 heterocycles. The molecule has 1 N–H and O–H groups in total. The molecular weight excluding hydrogens is 246 g/mol. The van der Waals surface area contributed by atoms with E-state index in [0.717, 1.165) is 0 Å². The van der Waals surface area contributed by atoms with Crippen LogP contribution in [-0.4, -0.2) is 0 Å². The summed E-state index contributed by atoms with van der Waals surface area (Å²) in [5, 5.41) is 10.3. The molecular formula is C14H19NS2. The highest BCUT2D eigenvalue weighted by Gasteiger charge is 2.19. The lowest BCUT2D eigenvalue weighted by molar-refractivity contribution is 0.380. The third-order valence-corrected chi connectivity index (χ3v) is 4.65. The fourth-order valence-electron chi connectivity index (χ4n) is 1.96. The summed E-state index contributed by atoms with van der Waals surface area (Å²) in [4.78, 5) is 1.43. The minimum Gasteiger partial charge on any atom is -0.302 e. The average molecular weight is 265 g/mol. The van der Waals surface area contributed by atoms with Crippen LogP contribution in [0.5, 0.6) is 0 Å². The quantitative estimate of drug-likeness (QED) is 0.814. The van der Waals surface area contributed by atoms with Crippen molar-refractivity contribution >= 4 is 22.7 Å². The zero-order chi connectivity index (χ0) is 12.3. The molecule has 3 heteroatoms. The van der Waals surface area contributed by atoms with Gasteiger partial charge in [0, 0.05) is 17.0 Å². The summed E-state index contributed by atoms with van der Waals surface area (Å²) in [6, 6.07) is 7.42. The van der Waals surface area contributed by atoms with Crippen LogP contribution in [0.3, 0.4) is 0 Å². The molecule has 0 bridgehead atoms. The van der Waals surface area contributed by atoms with Crippen LogP contribution in [0.2, 0.25) is 0 Å². The molecule has 0 saturated carbocycles. The van der Waals surface area contributed by atoms with E-state index in [-0.39, 0.29) is 0 Å². The Morgan fingerprint density at radius 1 is 1.12 bits per heavy atom. The van der Waals surface area contributed by atoms with Crippen molar-refractivity contribution in [3.05, 3.63) is 44.8 Å².